The van der Waals surface area contributed by atoms with Crippen molar-refractivity contribution in [3.8, 4) is 11.6 Å². The number of anilines is 1. The fraction of sp³-hybridized carbons (Fsp3) is 0.389. The van der Waals surface area contributed by atoms with Gasteiger partial charge in [0, 0.05) is 5.39 Å². The second-order valence-corrected chi connectivity index (χ2v) is 14.8. The van der Waals surface area contributed by atoms with E-state index in [9.17, 15) is 15.0 Å². The predicted molar refractivity (Wildman–Crippen MR) is 190 cm³/mol. The van der Waals surface area contributed by atoms with Gasteiger partial charge in [-0.2, -0.15) is 15.1 Å². The van der Waals surface area contributed by atoms with Crippen molar-refractivity contribution in [1.29, 1.82) is 0 Å². The average Bonchev–Trinajstić information content (AvgIpc) is 3.66. The van der Waals surface area contributed by atoms with Gasteiger partial charge in [-0.3, -0.25) is 9.09 Å². The maximum absolute atomic E-state index is 15.0. The van der Waals surface area contributed by atoms with Gasteiger partial charge in [-0.15, -0.1) is 0 Å². The highest BCUT2D eigenvalue weighted by molar-refractivity contribution is 7.52. The number of carbonyl (C=O) groups excluding carboxylic acids is 1. The van der Waals surface area contributed by atoms with Crippen LogP contribution in [0.1, 0.15) is 56.9 Å². The van der Waals surface area contributed by atoms with Crippen LogP contribution in [0.25, 0.3) is 21.9 Å². The third-order valence-corrected chi connectivity index (χ3v) is 11.0. The number of benzene rings is 3. The number of methoxy groups -OCH3 is 1. The summed E-state index contributed by atoms with van der Waals surface area (Å²) in [7, 11) is -3.12. The highest BCUT2D eigenvalue weighted by atomic mass is 31.2. The normalized spacial score (nSPS) is 24.0. The third kappa shape index (κ3) is 7.20. The fourth-order valence-corrected chi connectivity index (χ4v) is 8.26. The highest BCUT2D eigenvalue weighted by Gasteiger charge is 2.54. The molecule has 274 valence electrons. The van der Waals surface area contributed by atoms with Crippen molar-refractivity contribution < 1.29 is 42.8 Å². The van der Waals surface area contributed by atoms with E-state index in [1.165, 1.54) is 24.9 Å². The molecule has 3 heterocycles. The minimum Gasteiger partial charge on any atom is -0.479 e. The quantitative estimate of drug-likeness (QED) is 0.0987. The monoisotopic (exact) mass is 732 g/mol. The Hall–Kier alpha value is -4.63. The van der Waals surface area contributed by atoms with Crippen molar-refractivity contribution in [3.05, 3.63) is 84.7 Å². The first-order valence-electron chi connectivity index (χ1n) is 17.1. The van der Waals surface area contributed by atoms with Gasteiger partial charge in [0.05, 0.1) is 20.0 Å². The Morgan fingerprint density at radius 1 is 1.08 bits per heavy atom. The first-order chi connectivity index (χ1) is 25.1. The van der Waals surface area contributed by atoms with Crippen LogP contribution in [0, 0.1) is 0 Å². The molecule has 0 radical (unpaired) electrons. The Morgan fingerprint density at radius 3 is 2.58 bits per heavy atom. The van der Waals surface area contributed by atoms with Gasteiger partial charge in [0.15, 0.2) is 17.4 Å². The van der Waals surface area contributed by atoms with E-state index in [2.05, 4.69) is 20.0 Å². The minimum absolute atomic E-state index is 0.100. The van der Waals surface area contributed by atoms with Crippen molar-refractivity contribution in [2.75, 3.05) is 19.5 Å². The molecule has 1 saturated carbocycles. The maximum Gasteiger partial charge on any atom is 0.459 e. The Kier molecular flexibility index (Phi) is 10.2. The Balaban J connectivity index is 1.20. The van der Waals surface area contributed by atoms with Gasteiger partial charge in [-0.1, -0.05) is 73.2 Å². The minimum atomic E-state index is -4.53. The molecule has 1 saturated heterocycles. The summed E-state index contributed by atoms with van der Waals surface area (Å²) >= 11 is 0. The SMILES string of the molecule is COc1nc(N)nc2c1ncn2C1O[C@H](COP(=O)(N[C@H](C(=O)OC2CCCCC2)c2ccccc2)Oc2cccc3ccccc23)[C@@H](O)[C@@]1(C)O. The lowest BCUT2D eigenvalue weighted by Gasteiger charge is -2.29. The van der Waals surface area contributed by atoms with Crippen molar-refractivity contribution >= 4 is 41.6 Å². The molecule has 16 heteroatoms. The van der Waals surface area contributed by atoms with E-state index in [0.717, 1.165) is 37.5 Å². The van der Waals surface area contributed by atoms with Crippen molar-refractivity contribution in [2.45, 2.75) is 75.2 Å². The van der Waals surface area contributed by atoms with E-state index in [1.54, 1.807) is 42.5 Å². The molecule has 2 aliphatic rings. The van der Waals surface area contributed by atoms with E-state index in [0.29, 0.717) is 10.9 Å². The largest absolute Gasteiger partial charge is 0.479 e. The van der Waals surface area contributed by atoms with Crippen LogP contribution in [0.3, 0.4) is 0 Å². The number of carbonyl (C=O) groups is 1. The van der Waals surface area contributed by atoms with Crippen LogP contribution in [-0.4, -0.2) is 73.3 Å². The number of aliphatic hydroxyl groups is 2. The van der Waals surface area contributed by atoms with Gasteiger partial charge in [0.1, 0.15) is 35.7 Å². The van der Waals surface area contributed by atoms with Gasteiger partial charge >= 0.3 is 13.7 Å². The number of hydrogen-bond acceptors (Lipinski definition) is 13. The summed E-state index contributed by atoms with van der Waals surface area (Å²) in [4.78, 5) is 26.4. The summed E-state index contributed by atoms with van der Waals surface area (Å²) in [6.07, 6.45) is 1.50. The molecule has 5 N–H and O–H groups in total. The molecule has 7 rings (SSSR count). The van der Waals surface area contributed by atoms with E-state index >= 15 is 4.57 Å². The standard InChI is InChI=1S/C36H41N6O9P/c1-36(45)30(43)27(50-34(36)42-21-38-29-31(42)39-35(37)40-32(29)47-2)20-48-52(46,51-26-19-11-15-22-12-9-10-18-25(22)26)41-28(23-13-5-3-6-14-23)33(44)49-24-16-7-4-8-17-24/h3,5-6,9-15,18-19,21,24,27-28,30,34,43,45H,4,7-8,16-17,20H2,1-2H3,(H,41,46)(H2,37,39,40)/t27-,28+,30-,34?,36-,52?/m1/s1. The molecular formula is C36H41N6O9P. The van der Waals surface area contributed by atoms with Gasteiger partial charge in [0.2, 0.25) is 11.8 Å². The van der Waals surface area contributed by atoms with Crippen molar-refractivity contribution in [1.82, 2.24) is 24.6 Å². The predicted octanol–water partition coefficient (Wildman–Crippen LogP) is 4.99. The van der Waals surface area contributed by atoms with Crippen LogP contribution in [0.2, 0.25) is 0 Å². The lowest BCUT2D eigenvalue weighted by molar-refractivity contribution is -0.153. The highest BCUT2D eigenvalue weighted by Crippen LogP contribution is 2.50. The third-order valence-electron chi connectivity index (χ3n) is 9.48. The molecule has 2 unspecified atom stereocenters. The van der Waals surface area contributed by atoms with E-state index < -0.39 is 50.4 Å². The lowest BCUT2D eigenvalue weighted by Crippen LogP contribution is -2.44. The number of esters is 1. The molecule has 5 aromatic rings. The number of aromatic nitrogens is 4. The molecule has 0 spiro atoms. The zero-order valence-electron chi connectivity index (χ0n) is 28.7. The van der Waals surface area contributed by atoms with Gasteiger partial charge in [0.25, 0.3) is 0 Å². The van der Waals surface area contributed by atoms with E-state index in [4.69, 9.17) is 29.0 Å². The average molecular weight is 733 g/mol. The number of nitrogens with one attached hydrogen (secondary N) is 1. The number of aliphatic hydroxyl groups excluding tert-OH is 1. The van der Waals surface area contributed by atoms with Gasteiger partial charge in [-0.25, -0.2) is 14.3 Å². The summed E-state index contributed by atoms with van der Waals surface area (Å²) < 4.78 is 46.1. The second-order valence-electron chi connectivity index (χ2n) is 13.1. The first-order valence-corrected chi connectivity index (χ1v) is 18.7. The van der Waals surface area contributed by atoms with Crippen LogP contribution in [-0.2, 0) is 23.4 Å². The number of nitrogens with zero attached hydrogens (tertiary/aromatic N) is 4. The smallest absolute Gasteiger partial charge is 0.459 e. The van der Waals surface area contributed by atoms with E-state index in [-0.39, 0.29) is 34.8 Å². The van der Waals surface area contributed by atoms with Crippen LogP contribution in [0.4, 0.5) is 5.95 Å². The van der Waals surface area contributed by atoms with Gasteiger partial charge in [-0.05, 0) is 49.6 Å². The summed E-state index contributed by atoms with van der Waals surface area (Å²) in [5.41, 5.74) is 4.91. The van der Waals surface area contributed by atoms with Gasteiger partial charge < -0.3 is 34.7 Å². The number of nitrogens with two attached hydrogens (primary N) is 1. The molecule has 15 nitrogen and oxygen atoms in total. The summed E-state index contributed by atoms with van der Waals surface area (Å²) in [6.45, 7) is 0.849. The molecule has 3 aromatic carbocycles. The zero-order chi connectivity index (χ0) is 36.5. The molecule has 52 heavy (non-hydrogen) atoms. The van der Waals surface area contributed by atoms with Crippen LogP contribution >= 0.6 is 7.75 Å². The molecule has 1 aliphatic heterocycles. The number of ether oxygens (including phenoxy) is 3. The Bertz CT molecular complexity index is 2090. The molecule has 0 bridgehead atoms. The number of hydrogen-bond donors (Lipinski definition) is 4. The second kappa shape index (κ2) is 14.8. The number of nitrogen functional groups attached to an aromatic ring is 1. The fourth-order valence-electron chi connectivity index (χ4n) is 6.75. The molecule has 1 aliphatic carbocycles. The molecule has 6 atom stereocenters. The number of fused-ring (bicyclic) bond motifs is 2. The Labute approximate surface area is 299 Å². The summed E-state index contributed by atoms with van der Waals surface area (Å²) in [5, 5.41) is 27.3. The lowest BCUT2D eigenvalue weighted by atomic mass is 9.96. The number of imidazole rings is 1. The van der Waals surface area contributed by atoms with Crippen LogP contribution < -0.4 is 20.1 Å². The number of rotatable bonds is 12. The molecule has 0 amide bonds. The van der Waals surface area contributed by atoms with Crippen molar-refractivity contribution in [3.63, 3.8) is 0 Å². The van der Waals surface area contributed by atoms with Crippen molar-refractivity contribution in [2.24, 2.45) is 0 Å². The maximum atomic E-state index is 15.0. The topological polar surface area (TPSA) is 202 Å². The molecule has 2 fully saturated rings. The Morgan fingerprint density at radius 2 is 1.81 bits per heavy atom. The summed E-state index contributed by atoms with van der Waals surface area (Å²) in [6, 6.07) is 20.2. The molecular weight excluding hydrogens is 691 g/mol. The molecule has 2 aromatic heterocycles. The van der Waals surface area contributed by atoms with E-state index in [1.807, 2.05) is 30.3 Å². The summed E-state index contributed by atoms with van der Waals surface area (Å²) in [5.74, 6) is -0.383. The first kappa shape index (κ1) is 35.8. The zero-order valence-corrected chi connectivity index (χ0v) is 29.6. The van der Waals surface area contributed by atoms with Crippen LogP contribution in [0.15, 0.2) is 79.1 Å². The van der Waals surface area contributed by atoms with Crippen LogP contribution in [0.5, 0.6) is 11.6 Å².